The number of methoxy groups -OCH3 is 1. The molecule has 2 amide bonds. The van der Waals surface area contributed by atoms with Gasteiger partial charge in [0.1, 0.15) is 5.76 Å². The minimum atomic E-state index is -0.367. The predicted octanol–water partition coefficient (Wildman–Crippen LogP) is 1.53. The highest BCUT2D eigenvalue weighted by Crippen LogP contribution is 2.25. The minimum Gasteiger partial charge on any atom is -0.379 e. The van der Waals surface area contributed by atoms with Crippen molar-refractivity contribution in [3.8, 4) is 0 Å². The van der Waals surface area contributed by atoms with E-state index in [1.165, 1.54) is 0 Å². The van der Waals surface area contributed by atoms with Gasteiger partial charge in [-0.05, 0) is 19.3 Å². The summed E-state index contributed by atoms with van der Waals surface area (Å²) in [5.41, 5.74) is 5.24. The van der Waals surface area contributed by atoms with E-state index >= 15 is 0 Å². The van der Waals surface area contributed by atoms with Gasteiger partial charge in [0, 0.05) is 39.0 Å². The van der Waals surface area contributed by atoms with E-state index in [2.05, 4.69) is 5.16 Å². The summed E-state index contributed by atoms with van der Waals surface area (Å²) in [5, 5.41) is 3.87. The van der Waals surface area contributed by atoms with Crippen LogP contribution in [0.15, 0.2) is 10.6 Å². The Hall–Kier alpha value is -1.60. The lowest BCUT2D eigenvalue weighted by Gasteiger charge is -2.40. The molecule has 1 saturated heterocycles. The highest BCUT2D eigenvalue weighted by molar-refractivity contribution is 6.29. The monoisotopic (exact) mass is 343 g/mol. The maximum Gasteiger partial charge on any atom is 0.223 e. The summed E-state index contributed by atoms with van der Waals surface area (Å²) in [6, 6.07) is 1.49. The number of amides is 2. The molecule has 0 bridgehead atoms. The number of hydrogen-bond donors (Lipinski definition) is 1. The summed E-state index contributed by atoms with van der Waals surface area (Å²) in [4.78, 5) is 25.4. The summed E-state index contributed by atoms with van der Waals surface area (Å²) in [6.45, 7) is 0.666. The number of nitrogens with zero attached hydrogens (tertiary/aromatic N) is 2. The average molecular weight is 344 g/mol. The van der Waals surface area contributed by atoms with Gasteiger partial charge in [0.15, 0.2) is 5.15 Å². The van der Waals surface area contributed by atoms with Crippen LogP contribution >= 0.6 is 11.6 Å². The van der Waals surface area contributed by atoms with E-state index in [0.29, 0.717) is 31.6 Å². The molecule has 1 aromatic heterocycles. The third kappa shape index (κ3) is 4.94. The van der Waals surface area contributed by atoms with Crippen LogP contribution in [0.4, 0.5) is 0 Å². The molecule has 128 valence electrons. The molecule has 1 aliphatic heterocycles. The summed E-state index contributed by atoms with van der Waals surface area (Å²) < 4.78 is 10.5. The van der Waals surface area contributed by atoms with Gasteiger partial charge in [-0.3, -0.25) is 9.59 Å². The number of ether oxygens (including phenoxy) is 1. The van der Waals surface area contributed by atoms with Crippen molar-refractivity contribution in [1.29, 1.82) is 0 Å². The maximum atomic E-state index is 12.6. The van der Waals surface area contributed by atoms with Gasteiger partial charge >= 0.3 is 0 Å². The van der Waals surface area contributed by atoms with E-state index in [4.69, 9.17) is 26.6 Å². The van der Waals surface area contributed by atoms with Crippen molar-refractivity contribution in [2.75, 3.05) is 13.7 Å². The fourth-order valence-electron chi connectivity index (χ4n) is 3.02. The number of aryl methyl sites for hydroxylation is 1. The summed E-state index contributed by atoms with van der Waals surface area (Å²) >= 11 is 5.70. The molecule has 8 heteroatoms. The number of carbonyl (C=O) groups is 2. The molecule has 0 unspecified atom stereocenters. The van der Waals surface area contributed by atoms with E-state index in [1.807, 2.05) is 0 Å². The Bertz CT molecular complexity index is 549. The van der Waals surface area contributed by atoms with Gasteiger partial charge in [0.2, 0.25) is 11.8 Å². The quantitative estimate of drug-likeness (QED) is 0.809. The largest absolute Gasteiger partial charge is 0.379 e. The number of hydrogen-bond acceptors (Lipinski definition) is 5. The normalized spacial score (nSPS) is 21.4. The van der Waals surface area contributed by atoms with Gasteiger partial charge in [0.25, 0.3) is 0 Å². The molecule has 2 heterocycles. The SMILES string of the molecule is CO[C@H]1CCCN(C(=O)CCc2cc(Cl)no2)[C@H]1CCC(N)=O. The Morgan fingerprint density at radius 3 is 2.91 bits per heavy atom. The van der Waals surface area contributed by atoms with Crippen molar-refractivity contribution in [2.45, 2.75) is 50.7 Å². The molecule has 0 radical (unpaired) electrons. The third-order valence-corrected chi connectivity index (χ3v) is 4.32. The molecule has 1 aromatic rings. The van der Waals surface area contributed by atoms with E-state index in [-0.39, 0.29) is 35.5 Å². The average Bonchev–Trinajstić information content (AvgIpc) is 2.95. The van der Waals surface area contributed by atoms with Crippen LogP contribution in [-0.2, 0) is 20.7 Å². The van der Waals surface area contributed by atoms with Crippen molar-refractivity contribution < 1.29 is 18.8 Å². The van der Waals surface area contributed by atoms with E-state index in [0.717, 1.165) is 12.8 Å². The van der Waals surface area contributed by atoms with Crippen molar-refractivity contribution >= 4 is 23.4 Å². The molecule has 2 rings (SSSR count). The molecule has 2 N–H and O–H groups in total. The second-order valence-corrected chi connectivity index (χ2v) is 6.08. The summed E-state index contributed by atoms with van der Waals surface area (Å²) in [7, 11) is 1.63. The molecule has 23 heavy (non-hydrogen) atoms. The molecule has 2 atom stereocenters. The molecule has 1 aliphatic rings. The van der Waals surface area contributed by atoms with E-state index < -0.39 is 0 Å². The standard InChI is InChI=1S/C15H22ClN3O4/c1-22-12-3-2-8-19(11(12)5-6-14(17)20)15(21)7-4-10-9-13(16)18-23-10/h9,11-12H,2-8H2,1H3,(H2,17,20)/t11-,12-/m0/s1. The summed E-state index contributed by atoms with van der Waals surface area (Å²) in [5.74, 6) is 0.222. The number of rotatable bonds is 7. The van der Waals surface area contributed by atoms with Gasteiger partial charge in [0.05, 0.1) is 12.1 Å². The smallest absolute Gasteiger partial charge is 0.223 e. The van der Waals surface area contributed by atoms with Gasteiger partial charge < -0.3 is 19.9 Å². The minimum absolute atomic E-state index is 0.00810. The fraction of sp³-hybridized carbons (Fsp3) is 0.667. The van der Waals surface area contributed by atoms with Crippen molar-refractivity contribution in [3.63, 3.8) is 0 Å². The fourth-order valence-corrected chi connectivity index (χ4v) is 3.17. The van der Waals surface area contributed by atoms with Crippen LogP contribution in [0.5, 0.6) is 0 Å². The zero-order valence-corrected chi connectivity index (χ0v) is 13.9. The van der Waals surface area contributed by atoms with Crippen molar-refractivity contribution in [2.24, 2.45) is 5.73 Å². The summed E-state index contributed by atoms with van der Waals surface area (Å²) in [6.07, 6.45) is 3.20. The third-order valence-electron chi connectivity index (χ3n) is 4.14. The van der Waals surface area contributed by atoms with Crippen LogP contribution in [0.2, 0.25) is 5.15 Å². The number of likely N-dealkylation sites (tertiary alicyclic amines) is 1. The Morgan fingerprint density at radius 1 is 1.52 bits per heavy atom. The number of carbonyl (C=O) groups excluding carboxylic acids is 2. The zero-order valence-electron chi connectivity index (χ0n) is 13.2. The molecule has 7 nitrogen and oxygen atoms in total. The van der Waals surface area contributed by atoms with Crippen molar-refractivity contribution in [1.82, 2.24) is 10.1 Å². The zero-order chi connectivity index (χ0) is 16.8. The molecule has 1 fully saturated rings. The van der Waals surface area contributed by atoms with E-state index in [9.17, 15) is 9.59 Å². The Labute approximate surface area is 140 Å². The lowest BCUT2D eigenvalue weighted by Crippen LogP contribution is -2.52. The lowest BCUT2D eigenvalue weighted by atomic mass is 9.94. The predicted molar refractivity (Wildman–Crippen MR) is 83.8 cm³/mol. The van der Waals surface area contributed by atoms with Crippen LogP contribution in [0.25, 0.3) is 0 Å². The number of halogens is 1. The first kappa shape index (κ1) is 17.7. The van der Waals surface area contributed by atoms with Crippen LogP contribution < -0.4 is 5.73 Å². The molecule has 0 saturated carbocycles. The second-order valence-electron chi connectivity index (χ2n) is 5.69. The molecule has 0 aliphatic carbocycles. The number of piperidine rings is 1. The first-order valence-corrected chi connectivity index (χ1v) is 8.10. The molecule has 0 spiro atoms. The van der Waals surface area contributed by atoms with Gasteiger partial charge in [-0.2, -0.15) is 0 Å². The maximum absolute atomic E-state index is 12.6. The highest BCUT2D eigenvalue weighted by Gasteiger charge is 2.34. The van der Waals surface area contributed by atoms with Gasteiger partial charge in [-0.1, -0.05) is 16.8 Å². The van der Waals surface area contributed by atoms with Crippen molar-refractivity contribution in [3.05, 3.63) is 17.0 Å². The lowest BCUT2D eigenvalue weighted by molar-refractivity contribution is -0.140. The van der Waals surface area contributed by atoms with Crippen LogP contribution in [0.3, 0.4) is 0 Å². The first-order chi connectivity index (χ1) is 11.0. The molecule has 0 aromatic carbocycles. The number of primary amides is 1. The second kappa shape index (κ2) is 8.31. The topological polar surface area (TPSA) is 98.7 Å². The Balaban J connectivity index is 1.97. The Morgan fingerprint density at radius 2 is 2.30 bits per heavy atom. The molecular formula is C15H22ClN3O4. The highest BCUT2D eigenvalue weighted by atomic mass is 35.5. The van der Waals surface area contributed by atoms with Gasteiger partial charge in [-0.25, -0.2) is 0 Å². The number of aromatic nitrogens is 1. The number of nitrogens with two attached hydrogens (primary N) is 1. The van der Waals surface area contributed by atoms with E-state index in [1.54, 1.807) is 18.1 Å². The first-order valence-electron chi connectivity index (χ1n) is 7.73. The molecular weight excluding hydrogens is 322 g/mol. The van der Waals surface area contributed by atoms with Crippen LogP contribution in [0.1, 0.15) is 37.9 Å². The Kier molecular flexibility index (Phi) is 6.41. The van der Waals surface area contributed by atoms with Crippen LogP contribution in [0, 0.1) is 0 Å². The van der Waals surface area contributed by atoms with Crippen LogP contribution in [-0.4, -0.2) is 47.7 Å². The van der Waals surface area contributed by atoms with Gasteiger partial charge in [-0.15, -0.1) is 0 Å².